The molecule has 2 aromatic rings. The minimum absolute atomic E-state index is 0.0411. The quantitative estimate of drug-likeness (QED) is 0.347. The Balaban J connectivity index is 2.07. The second-order valence-electron chi connectivity index (χ2n) is 8.06. The molecule has 0 saturated heterocycles. The van der Waals surface area contributed by atoms with Gasteiger partial charge in [0.2, 0.25) is 11.6 Å². The van der Waals surface area contributed by atoms with Gasteiger partial charge in [-0.2, -0.15) is 0 Å². The Hall–Kier alpha value is -3.23. The molecule has 0 aromatic heterocycles. The predicted molar refractivity (Wildman–Crippen MR) is 107 cm³/mol. The lowest BCUT2D eigenvalue weighted by atomic mass is 9.61. The highest BCUT2D eigenvalue weighted by atomic mass is 16.3. The van der Waals surface area contributed by atoms with Crippen LogP contribution in [0, 0.1) is 19.8 Å². The van der Waals surface area contributed by atoms with Crippen LogP contribution in [0.2, 0.25) is 0 Å². The summed E-state index contributed by atoms with van der Waals surface area (Å²) in [6, 6.07) is 2.04. The van der Waals surface area contributed by atoms with Gasteiger partial charge in [-0.25, -0.2) is 0 Å². The van der Waals surface area contributed by atoms with Gasteiger partial charge in [0.1, 0.15) is 22.8 Å². The molecule has 2 aliphatic carbocycles. The van der Waals surface area contributed by atoms with Gasteiger partial charge in [-0.15, -0.1) is 0 Å². The van der Waals surface area contributed by atoms with E-state index in [4.69, 9.17) is 5.73 Å². The third-order valence-electron chi connectivity index (χ3n) is 6.48. The number of aliphatic hydroxyl groups excluding tert-OH is 1. The number of ketones is 3. The van der Waals surface area contributed by atoms with E-state index in [0.717, 1.165) is 6.92 Å². The molecule has 3 atom stereocenters. The second-order valence-corrected chi connectivity index (χ2v) is 8.06. The van der Waals surface area contributed by atoms with Gasteiger partial charge in [0.05, 0.1) is 17.0 Å². The highest BCUT2D eigenvalue weighted by molar-refractivity contribution is 6.33. The van der Waals surface area contributed by atoms with Gasteiger partial charge in [-0.1, -0.05) is 12.1 Å². The number of aliphatic hydroxyl groups is 2. The maximum absolute atomic E-state index is 13.4. The van der Waals surface area contributed by atoms with Gasteiger partial charge in [0.15, 0.2) is 11.4 Å². The van der Waals surface area contributed by atoms with E-state index in [1.807, 2.05) is 0 Å². The number of carbonyl (C=O) groups excluding carboxylic acids is 3. The zero-order chi connectivity index (χ0) is 22.3. The Labute approximate surface area is 171 Å². The number of nitrogens with two attached hydrogens (primary N) is 1. The van der Waals surface area contributed by atoms with E-state index in [9.17, 15) is 34.8 Å². The molecule has 0 unspecified atom stereocenters. The van der Waals surface area contributed by atoms with E-state index in [1.165, 1.54) is 0 Å². The minimum atomic E-state index is -2.71. The second kappa shape index (κ2) is 6.13. The molecule has 8 heteroatoms. The van der Waals surface area contributed by atoms with Crippen LogP contribution in [0.25, 0.3) is 10.8 Å². The summed E-state index contributed by atoms with van der Waals surface area (Å²) < 4.78 is 0. The molecule has 6 N–H and O–H groups in total. The van der Waals surface area contributed by atoms with Gasteiger partial charge in [-0.3, -0.25) is 14.4 Å². The lowest BCUT2D eigenvalue weighted by Crippen LogP contribution is -2.65. The van der Waals surface area contributed by atoms with Crippen molar-refractivity contribution >= 4 is 28.1 Å². The van der Waals surface area contributed by atoms with Crippen LogP contribution in [0.4, 0.5) is 0 Å². The number of aromatic hydroxyl groups is 2. The molecule has 0 bridgehead atoms. The molecule has 2 aliphatic rings. The highest BCUT2D eigenvalue weighted by Gasteiger charge is 2.62. The zero-order valence-corrected chi connectivity index (χ0v) is 16.6. The molecule has 2 aromatic carbocycles. The van der Waals surface area contributed by atoms with Crippen LogP contribution in [0.3, 0.4) is 0 Å². The minimum Gasteiger partial charge on any atom is -0.510 e. The SMILES string of the molecule is CC(=O)C1=C(O)[C@@H](N)[C@H]2Cc3c(c(O)c4c(O)c(C)ccc4c3C)C(=O)[C@@]2(O)C1=O. The number of phenolic OH excluding ortho intramolecular Hbond substituents is 2. The number of benzene rings is 2. The maximum Gasteiger partial charge on any atom is 0.209 e. The average molecular weight is 411 g/mol. The van der Waals surface area contributed by atoms with Gasteiger partial charge in [0.25, 0.3) is 0 Å². The Kier molecular flexibility index (Phi) is 4.10. The fourth-order valence-corrected chi connectivity index (χ4v) is 4.75. The number of hydrogen-bond acceptors (Lipinski definition) is 8. The highest BCUT2D eigenvalue weighted by Crippen LogP contribution is 2.49. The molecule has 0 fully saturated rings. The van der Waals surface area contributed by atoms with E-state index in [1.54, 1.807) is 26.0 Å². The lowest BCUT2D eigenvalue weighted by Gasteiger charge is -2.44. The first-order valence-corrected chi connectivity index (χ1v) is 9.42. The summed E-state index contributed by atoms with van der Waals surface area (Å²) in [6.45, 7) is 4.35. The third kappa shape index (κ3) is 2.20. The predicted octanol–water partition coefficient (Wildman–Crippen LogP) is 1.27. The Morgan fingerprint density at radius 1 is 1.10 bits per heavy atom. The standard InChI is InChI=1S/C22H21NO7/c1-7-4-5-10-8(2)11-6-12-16(23)19(27)13(9(3)24)20(28)22(12,30)21(29)15(11)18(26)14(10)17(7)25/h4-5,12,16,25-27,30H,6,23H2,1-3H3/t12-,16+,22+/m1/s1. The summed E-state index contributed by atoms with van der Waals surface area (Å²) >= 11 is 0. The molecule has 0 saturated carbocycles. The maximum atomic E-state index is 13.4. The molecule has 4 rings (SSSR count). The molecule has 0 radical (unpaired) electrons. The van der Waals surface area contributed by atoms with Gasteiger partial charge in [-0.05, 0) is 49.3 Å². The van der Waals surface area contributed by atoms with Gasteiger partial charge < -0.3 is 26.2 Å². The molecular weight excluding hydrogens is 390 g/mol. The van der Waals surface area contributed by atoms with Crippen LogP contribution < -0.4 is 5.73 Å². The fourth-order valence-electron chi connectivity index (χ4n) is 4.75. The molecule has 0 heterocycles. The largest absolute Gasteiger partial charge is 0.510 e. The van der Waals surface area contributed by atoms with E-state index in [-0.39, 0.29) is 23.1 Å². The summed E-state index contributed by atoms with van der Waals surface area (Å²) in [5.74, 6) is -5.81. The van der Waals surface area contributed by atoms with Crippen molar-refractivity contribution in [1.29, 1.82) is 0 Å². The van der Waals surface area contributed by atoms with Crippen molar-refractivity contribution in [1.82, 2.24) is 0 Å². The smallest absolute Gasteiger partial charge is 0.209 e. The van der Waals surface area contributed by atoms with E-state index >= 15 is 0 Å². The van der Waals surface area contributed by atoms with E-state index in [2.05, 4.69) is 0 Å². The summed E-state index contributed by atoms with van der Waals surface area (Å²) in [7, 11) is 0. The van der Waals surface area contributed by atoms with Gasteiger partial charge in [0, 0.05) is 5.92 Å². The zero-order valence-electron chi connectivity index (χ0n) is 16.6. The van der Waals surface area contributed by atoms with Crippen LogP contribution >= 0.6 is 0 Å². The molecule has 30 heavy (non-hydrogen) atoms. The van der Waals surface area contributed by atoms with Gasteiger partial charge >= 0.3 is 0 Å². The number of Topliss-reactive ketones (excluding diaryl/α,β-unsaturated/α-hetero) is 3. The topological polar surface area (TPSA) is 158 Å². The Bertz CT molecular complexity index is 1230. The van der Waals surface area contributed by atoms with Crippen LogP contribution in [0.15, 0.2) is 23.5 Å². The number of carbonyl (C=O) groups is 3. The molecule has 156 valence electrons. The molecule has 8 nitrogen and oxygen atoms in total. The fraction of sp³-hybridized carbons (Fsp3) is 0.318. The first-order valence-electron chi connectivity index (χ1n) is 9.42. The first-order chi connectivity index (χ1) is 13.9. The van der Waals surface area contributed by atoms with Crippen molar-refractivity contribution in [2.45, 2.75) is 38.8 Å². The monoisotopic (exact) mass is 411 g/mol. The molecule has 0 spiro atoms. The average Bonchev–Trinajstić information content (AvgIpc) is 2.68. The summed E-state index contributed by atoms with van der Waals surface area (Å²) in [6.07, 6.45) is -0.0936. The van der Waals surface area contributed by atoms with Crippen LogP contribution in [-0.4, -0.2) is 49.4 Å². The number of phenols is 2. The lowest BCUT2D eigenvalue weighted by molar-refractivity contribution is -0.138. The summed E-state index contributed by atoms with van der Waals surface area (Å²) in [4.78, 5) is 38.3. The summed E-state index contributed by atoms with van der Waals surface area (Å²) in [5.41, 5.74) is 3.74. The first kappa shape index (κ1) is 20.1. The van der Waals surface area contributed by atoms with Crippen LogP contribution in [0.5, 0.6) is 11.5 Å². The number of fused-ring (bicyclic) bond motifs is 3. The third-order valence-corrected chi connectivity index (χ3v) is 6.48. The Morgan fingerprint density at radius 3 is 2.33 bits per heavy atom. The van der Waals surface area contributed by atoms with Crippen molar-refractivity contribution < 1.29 is 34.8 Å². The normalized spacial score (nSPS) is 26.0. The van der Waals surface area contributed by atoms with Crippen LogP contribution in [-0.2, 0) is 16.0 Å². The molecule has 0 aliphatic heterocycles. The van der Waals surface area contributed by atoms with Crippen molar-refractivity contribution in [2.75, 3.05) is 0 Å². The van der Waals surface area contributed by atoms with Crippen molar-refractivity contribution in [3.63, 3.8) is 0 Å². The van der Waals surface area contributed by atoms with Crippen LogP contribution in [0.1, 0.15) is 34.0 Å². The van der Waals surface area contributed by atoms with E-state index in [0.29, 0.717) is 22.1 Å². The number of rotatable bonds is 1. The van der Waals surface area contributed by atoms with Crippen molar-refractivity contribution in [3.05, 3.63) is 45.7 Å². The molecule has 0 amide bonds. The van der Waals surface area contributed by atoms with E-state index < -0.39 is 52.0 Å². The molecular formula is C22H21NO7. The van der Waals surface area contributed by atoms with Crippen molar-refractivity contribution in [3.8, 4) is 11.5 Å². The number of aryl methyl sites for hydroxylation is 2. The number of hydrogen-bond donors (Lipinski definition) is 5. The summed E-state index contributed by atoms with van der Waals surface area (Å²) in [5, 5.41) is 43.5. The Morgan fingerprint density at radius 2 is 1.73 bits per heavy atom. The van der Waals surface area contributed by atoms with Crippen molar-refractivity contribution in [2.24, 2.45) is 11.7 Å².